The van der Waals surface area contributed by atoms with Crippen molar-refractivity contribution in [1.82, 2.24) is 0 Å². The van der Waals surface area contributed by atoms with Gasteiger partial charge in [0, 0.05) is 42.3 Å². The van der Waals surface area contributed by atoms with Gasteiger partial charge in [-0.05, 0) is 104 Å². The van der Waals surface area contributed by atoms with Gasteiger partial charge in [-0.15, -0.1) is 11.3 Å². The predicted octanol–water partition coefficient (Wildman–Crippen LogP) is 14.5. The second-order valence-corrected chi connectivity index (χ2v) is 16.5. The Kier molecular flexibility index (Phi) is 8.51. The largest absolute Gasteiger partial charge is 0.282 e. The molecule has 7 aromatic carbocycles. The lowest BCUT2D eigenvalue weighted by molar-refractivity contribution is 0.850. The number of allylic oxidation sites excluding steroid dienone is 4. The monoisotopic (exact) mass is 740 g/mol. The summed E-state index contributed by atoms with van der Waals surface area (Å²) in [5.74, 6) is 0.726. The van der Waals surface area contributed by atoms with Crippen LogP contribution in [0.1, 0.15) is 41.5 Å². The van der Waals surface area contributed by atoms with E-state index >= 15 is 0 Å². The van der Waals surface area contributed by atoms with Crippen molar-refractivity contribution < 1.29 is 0 Å². The highest BCUT2D eigenvalue weighted by atomic mass is 32.2. The minimum atomic E-state index is 0.278. The molecule has 2 aliphatic rings. The number of thioether (sulfide) groups is 1. The van der Waals surface area contributed by atoms with Gasteiger partial charge < -0.3 is 0 Å². The molecule has 10 rings (SSSR count). The fraction of sp³-hybridized carbons (Fsp3) is 0.0588. The zero-order valence-electron chi connectivity index (χ0n) is 30.3. The van der Waals surface area contributed by atoms with Crippen LogP contribution in [0.2, 0.25) is 0 Å². The van der Waals surface area contributed by atoms with Crippen LogP contribution in [0.25, 0.3) is 59.1 Å². The maximum Gasteiger partial charge on any atom is 0.152 e. The first-order valence-corrected chi connectivity index (χ1v) is 20.3. The molecule has 8 aromatic rings. The number of nitrogens with one attached hydrogen (secondary N) is 1. The number of benzene rings is 7. The Hall–Kier alpha value is -6.07. The topological polar surface area (TPSA) is 36.2 Å². The van der Waals surface area contributed by atoms with E-state index in [0.717, 1.165) is 44.3 Å². The average Bonchev–Trinajstić information content (AvgIpc) is 3.82. The van der Waals surface area contributed by atoms with Crippen LogP contribution >= 0.6 is 23.1 Å². The first-order chi connectivity index (χ1) is 27.1. The summed E-state index contributed by atoms with van der Waals surface area (Å²) in [5.41, 5.74) is 13.9. The second kappa shape index (κ2) is 14.0. The van der Waals surface area contributed by atoms with Crippen LogP contribution in [0.15, 0.2) is 191 Å². The van der Waals surface area contributed by atoms with E-state index < -0.39 is 0 Å². The van der Waals surface area contributed by atoms with Crippen LogP contribution in [-0.2, 0) is 0 Å². The molecule has 1 aromatic heterocycles. The number of hydrogen-bond donors (Lipinski definition) is 1. The molecule has 0 saturated heterocycles. The number of amidine groups is 1. The van der Waals surface area contributed by atoms with E-state index in [2.05, 4.69) is 170 Å². The van der Waals surface area contributed by atoms with Gasteiger partial charge in [0.1, 0.15) is 0 Å². The Morgan fingerprint density at radius 3 is 2.13 bits per heavy atom. The Balaban J connectivity index is 0.952. The van der Waals surface area contributed by atoms with Gasteiger partial charge in [0.2, 0.25) is 0 Å². The summed E-state index contributed by atoms with van der Waals surface area (Å²) >= 11 is 3.68. The minimum absolute atomic E-state index is 0.278. The number of fused-ring (bicyclic) bond motifs is 6. The van der Waals surface area contributed by atoms with Crippen molar-refractivity contribution >= 4 is 60.4 Å². The van der Waals surface area contributed by atoms with Crippen LogP contribution < -0.4 is 0 Å². The summed E-state index contributed by atoms with van der Waals surface area (Å²) in [4.78, 5) is 7.74. The molecule has 262 valence electrons. The lowest BCUT2D eigenvalue weighted by Gasteiger charge is -2.19. The Morgan fingerprint density at radius 1 is 0.600 bits per heavy atom. The van der Waals surface area contributed by atoms with E-state index in [-0.39, 0.29) is 5.84 Å². The van der Waals surface area contributed by atoms with Gasteiger partial charge in [0.15, 0.2) is 5.84 Å². The number of thiophene rings is 1. The van der Waals surface area contributed by atoms with Crippen LogP contribution in [0.3, 0.4) is 0 Å². The highest BCUT2D eigenvalue weighted by Gasteiger charge is 2.30. The van der Waals surface area contributed by atoms with Crippen molar-refractivity contribution in [3.63, 3.8) is 0 Å². The van der Waals surface area contributed by atoms with Gasteiger partial charge in [-0.2, -0.15) is 0 Å². The molecule has 0 radical (unpaired) electrons. The molecule has 1 atom stereocenters. The van der Waals surface area contributed by atoms with E-state index in [1.807, 2.05) is 24.8 Å². The van der Waals surface area contributed by atoms with E-state index in [0.29, 0.717) is 5.92 Å². The smallest absolute Gasteiger partial charge is 0.152 e. The first kappa shape index (κ1) is 33.5. The number of hydrogen-bond acceptors (Lipinski definition) is 3. The summed E-state index contributed by atoms with van der Waals surface area (Å²) in [5, 5.41) is 11.5. The summed E-state index contributed by atoms with van der Waals surface area (Å²) in [6.45, 7) is 2.01. The van der Waals surface area contributed by atoms with Crippen molar-refractivity contribution in [2.75, 3.05) is 0 Å². The summed E-state index contributed by atoms with van der Waals surface area (Å²) < 4.78 is 2.37. The molecule has 0 amide bonds. The minimum Gasteiger partial charge on any atom is -0.282 e. The number of nitrogens with zero attached hydrogens (tertiary/aromatic N) is 1. The Bertz CT molecular complexity index is 2890. The van der Waals surface area contributed by atoms with Crippen molar-refractivity contribution in [3.05, 3.63) is 203 Å². The first-order valence-electron chi connectivity index (χ1n) is 18.7. The summed E-state index contributed by atoms with van der Waals surface area (Å²) in [6, 6.07) is 58.6. The third kappa shape index (κ3) is 6.18. The van der Waals surface area contributed by atoms with E-state index in [4.69, 9.17) is 4.99 Å². The zero-order valence-corrected chi connectivity index (χ0v) is 31.9. The molecule has 0 spiro atoms. The molecule has 1 aliphatic carbocycles. The molecule has 1 N–H and O–H groups in total. The molecule has 0 saturated carbocycles. The lowest BCUT2D eigenvalue weighted by atomic mass is 9.85. The molecule has 0 bridgehead atoms. The summed E-state index contributed by atoms with van der Waals surface area (Å²) in [6.07, 6.45) is 5.60. The highest BCUT2D eigenvalue weighted by molar-refractivity contribution is 8.03. The van der Waals surface area contributed by atoms with Gasteiger partial charge in [-0.1, -0.05) is 157 Å². The quantitative estimate of drug-likeness (QED) is 0.134. The Labute approximate surface area is 329 Å². The second-order valence-electron chi connectivity index (χ2n) is 14.3. The molecular weight excluding hydrogens is 705 g/mol. The van der Waals surface area contributed by atoms with Crippen molar-refractivity contribution in [3.8, 4) is 33.4 Å². The maximum atomic E-state index is 9.29. The van der Waals surface area contributed by atoms with E-state index in [1.54, 1.807) is 11.3 Å². The third-order valence-electron chi connectivity index (χ3n) is 11.0. The van der Waals surface area contributed by atoms with Crippen molar-refractivity contribution in [2.45, 2.75) is 24.2 Å². The molecule has 1 aliphatic heterocycles. The van der Waals surface area contributed by atoms with Gasteiger partial charge in [0.25, 0.3) is 0 Å². The Morgan fingerprint density at radius 2 is 1.29 bits per heavy atom. The van der Waals surface area contributed by atoms with Gasteiger partial charge in [-0.3, -0.25) is 5.41 Å². The SMILES string of the molecule is CC(=NC(=N)c1cccc2sc3ccc(-c4ccccc4-c4cccc(-c5ccccc5)c4)cc3c12)c1ccc(C2=CC=C3Sc4ccccc4C3C2)cc1. The average molecular weight is 741 g/mol. The van der Waals surface area contributed by atoms with Gasteiger partial charge in [0.05, 0.1) is 0 Å². The molecule has 2 heterocycles. The van der Waals surface area contributed by atoms with Gasteiger partial charge in [-0.25, -0.2) is 4.99 Å². The third-order valence-corrected chi connectivity index (χ3v) is 13.3. The molecule has 0 fully saturated rings. The lowest BCUT2D eigenvalue weighted by Crippen LogP contribution is -2.04. The van der Waals surface area contributed by atoms with Crippen LogP contribution in [0.5, 0.6) is 0 Å². The summed E-state index contributed by atoms with van der Waals surface area (Å²) in [7, 11) is 0. The molecule has 55 heavy (non-hydrogen) atoms. The van der Waals surface area contributed by atoms with Crippen LogP contribution in [-0.4, -0.2) is 11.5 Å². The fourth-order valence-electron chi connectivity index (χ4n) is 8.15. The van der Waals surface area contributed by atoms with Crippen LogP contribution in [0.4, 0.5) is 0 Å². The number of rotatable bonds is 6. The van der Waals surface area contributed by atoms with Crippen LogP contribution in [0, 0.1) is 5.41 Å². The molecular formula is C51H36N2S2. The molecule has 2 nitrogen and oxygen atoms in total. The normalized spacial score (nSPS) is 15.1. The predicted molar refractivity (Wildman–Crippen MR) is 237 cm³/mol. The maximum absolute atomic E-state index is 9.29. The number of aliphatic imine (C=N–C) groups is 1. The molecule has 4 heteroatoms. The molecule has 1 unspecified atom stereocenters. The van der Waals surface area contributed by atoms with Gasteiger partial charge >= 0.3 is 0 Å². The van der Waals surface area contributed by atoms with Crippen molar-refractivity contribution in [1.29, 1.82) is 5.41 Å². The van der Waals surface area contributed by atoms with E-state index in [9.17, 15) is 5.41 Å². The zero-order chi connectivity index (χ0) is 36.9. The standard InChI is InChI=1S/C51H36N2S2/c1-32(33-21-23-35(24-22-33)37-25-27-47-44(30-37)42-17-7-8-19-46(42)54-47)53-51(52)43-18-10-20-49-50(43)45-31-39(26-28-48(45)55-49)41-16-6-5-15-40(41)38-14-9-13-36(29-38)34-11-3-2-4-12-34/h2-29,31,44,52H,30H2,1H3. The fourth-order valence-corrected chi connectivity index (χ4v) is 10.5. The van der Waals surface area contributed by atoms with Crippen molar-refractivity contribution in [2.24, 2.45) is 4.99 Å². The van der Waals surface area contributed by atoms with E-state index in [1.165, 1.54) is 59.0 Å². The highest BCUT2D eigenvalue weighted by Crippen LogP contribution is 2.53.